The number of rotatable bonds is 12. The van der Waals surface area contributed by atoms with E-state index in [0.717, 1.165) is 50.7 Å². The first-order valence-electron chi connectivity index (χ1n) is 8.13. The van der Waals surface area contributed by atoms with Crippen LogP contribution < -0.4 is 0 Å². The normalized spacial score (nSPS) is 11.1. The van der Waals surface area contributed by atoms with Crippen LogP contribution in [0.2, 0.25) is 0 Å². The Kier molecular flexibility index (Phi) is 10.3. The smallest absolute Gasteiger partial charge is 0.333 e. The largest absolute Gasteiger partial charge is 0.422 e. The molecule has 0 bridgehead atoms. The summed E-state index contributed by atoms with van der Waals surface area (Å²) in [4.78, 5) is 23.0. The number of hydrogen-bond acceptors (Lipinski definition) is 4. The Hall–Kier alpha value is -1.58. The van der Waals surface area contributed by atoms with Crippen LogP contribution in [-0.4, -0.2) is 18.2 Å². The van der Waals surface area contributed by atoms with Gasteiger partial charge in [-0.05, 0) is 24.7 Å². The monoisotopic (exact) mass is 310 g/mol. The highest BCUT2D eigenvalue weighted by molar-refractivity contribution is 5.83. The van der Waals surface area contributed by atoms with Gasteiger partial charge in [0.15, 0.2) is 0 Å². The van der Waals surface area contributed by atoms with E-state index in [4.69, 9.17) is 9.47 Å². The lowest BCUT2D eigenvalue weighted by molar-refractivity contribution is -0.187. The quantitative estimate of drug-likeness (QED) is 0.301. The van der Waals surface area contributed by atoms with E-state index in [9.17, 15) is 9.59 Å². The Bertz CT molecular complexity index is 334. The SMILES string of the molecule is C=CC(=O)OC(CC(CCC)(CCC)CCC)OC(=O)C=C. The van der Waals surface area contributed by atoms with Crippen LogP contribution >= 0.6 is 0 Å². The van der Waals surface area contributed by atoms with Crippen molar-refractivity contribution in [1.82, 2.24) is 0 Å². The van der Waals surface area contributed by atoms with Gasteiger partial charge in [-0.25, -0.2) is 9.59 Å². The van der Waals surface area contributed by atoms with E-state index in [-0.39, 0.29) is 5.41 Å². The van der Waals surface area contributed by atoms with Gasteiger partial charge in [-0.15, -0.1) is 0 Å². The number of carbonyl (C=O) groups excluding carboxylic acids is 2. The van der Waals surface area contributed by atoms with E-state index in [1.165, 1.54) is 0 Å². The summed E-state index contributed by atoms with van der Waals surface area (Å²) < 4.78 is 10.4. The maximum Gasteiger partial charge on any atom is 0.333 e. The van der Waals surface area contributed by atoms with E-state index in [0.29, 0.717) is 6.42 Å². The summed E-state index contributed by atoms with van der Waals surface area (Å²) in [5, 5.41) is 0. The molecule has 0 aromatic heterocycles. The molecular formula is C18H30O4. The Morgan fingerprint density at radius 1 is 0.909 bits per heavy atom. The zero-order valence-electron chi connectivity index (χ0n) is 14.2. The third kappa shape index (κ3) is 7.43. The Balaban J connectivity index is 5.19. The molecule has 22 heavy (non-hydrogen) atoms. The zero-order chi connectivity index (χ0) is 17.0. The van der Waals surface area contributed by atoms with E-state index < -0.39 is 18.2 Å². The second kappa shape index (κ2) is 11.0. The van der Waals surface area contributed by atoms with Gasteiger partial charge < -0.3 is 9.47 Å². The molecule has 0 aliphatic heterocycles. The van der Waals surface area contributed by atoms with Crippen LogP contribution in [0, 0.1) is 5.41 Å². The van der Waals surface area contributed by atoms with Crippen LogP contribution in [0.5, 0.6) is 0 Å². The average Bonchev–Trinajstić information content (AvgIpc) is 2.47. The maximum absolute atomic E-state index is 11.5. The summed E-state index contributed by atoms with van der Waals surface area (Å²) in [5.41, 5.74) is 0.0197. The van der Waals surface area contributed by atoms with Crippen molar-refractivity contribution in [2.24, 2.45) is 5.41 Å². The molecule has 0 radical (unpaired) electrons. The molecule has 0 aliphatic carbocycles. The molecule has 0 saturated carbocycles. The van der Waals surface area contributed by atoms with Crippen molar-refractivity contribution in [3.05, 3.63) is 25.3 Å². The zero-order valence-corrected chi connectivity index (χ0v) is 14.2. The molecule has 0 unspecified atom stereocenters. The van der Waals surface area contributed by atoms with Crippen LogP contribution in [0.25, 0.3) is 0 Å². The molecule has 4 nitrogen and oxygen atoms in total. The maximum atomic E-state index is 11.5. The summed E-state index contributed by atoms with van der Waals surface area (Å²) in [6.07, 6.45) is 7.95. The first-order chi connectivity index (χ1) is 10.5. The molecule has 0 N–H and O–H groups in total. The van der Waals surface area contributed by atoms with Gasteiger partial charge in [0.25, 0.3) is 0 Å². The number of hydrogen-bond donors (Lipinski definition) is 0. The predicted molar refractivity (Wildman–Crippen MR) is 88.1 cm³/mol. The molecule has 0 aliphatic rings. The first kappa shape index (κ1) is 20.4. The number of ether oxygens (including phenoxy) is 2. The summed E-state index contributed by atoms with van der Waals surface area (Å²) in [6, 6.07) is 0. The van der Waals surface area contributed by atoms with Crippen LogP contribution in [-0.2, 0) is 19.1 Å². The van der Waals surface area contributed by atoms with Gasteiger partial charge in [-0.1, -0.05) is 53.2 Å². The molecule has 0 amide bonds. The first-order valence-corrected chi connectivity index (χ1v) is 8.13. The fourth-order valence-corrected chi connectivity index (χ4v) is 3.09. The second-order valence-electron chi connectivity index (χ2n) is 5.67. The van der Waals surface area contributed by atoms with Gasteiger partial charge in [-0.3, -0.25) is 0 Å². The molecule has 0 heterocycles. The summed E-state index contributed by atoms with van der Waals surface area (Å²) in [7, 11) is 0. The van der Waals surface area contributed by atoms with E-state index in [1.54, 1.807) is 0 Å². The molecular weight excluding hydrogens is 280 g/mol. The topological polar surface area (TPSA) is 52.6 Å². The van der Waals surface area contributed by atoms with Gasteiger partial charge in [0.1, 0.15) is 0 Å². The lowest BCUT2D eigenvalue weighted by Crippen LogP contribution is -2.32. The number of carbonyl (C=O) groups is 2. The van der Waals surface area contributed by atoms with Gasteiger partial charge in [0.2, 0.25) is 6.29 Å². The van der Waals surface area contributed by atoms with Crippen LogP contribution in [0.4, 0.5) is 0 Å². The molecule has 0 spiro atoms. The third-order valence-electron chi connectivity index (χ3n) is 3.77. The number of esters is 2. The third-order valence-corrected chi connectivity index (χ3v) is 3.77. The highest BCUT2D eigenvalue weighted by atomic mass is 16.7. The fourth-order valence-electron chi connectivity index (χ4n) is 3.09. The van der Waals surface area contributed by atoms with Gasteiger partial charge >= 0.3 is 11.9 Å². The van der Waals surface area contributed by atoms with E-state index >= 15 is 0 Å². The summed E-state index contributed by atoms with van der Waals surface area (Å²) in [6.45, 7) is 13.2. The fraction of sp³-hybridized carbons (Fsp3) is 0.667. The molecule has 0 fully saturated rings. The lowest BCUT2D eigenvalue weighted by atomic mass is 9.73. The van der Waals surface area contributed by atoms with Crippen molar-refractivity contribution in [3.8, 4) is 0 Å². The minimum atomic E-state index is -0.888. The van der Waals surface area contributed by atoms with Crippen molar-refractivity contribution in [1.29, 1.82) is 0 Å². The van der Waals surface area contributed by atoms with E-state index in [1.807, 2.05) is 0 Å². The van der Waals surface area contributed by atoms with Crippen molar-refractivity contribution < 1.29 is 19.1 Å². The van der Waals surface area contributed by atoms with Crippen LogP contribution in [0.15, 0.2) is 25.3 Å². The molecule has 126 valence electrons. The molecule has 4 heteroatoms. The Morgan fingerprint density at radius 2 is 1.27 bits per heavy atom. The van der Waals surface area contributed by atoms with Crippen LogP contribution in [0.3, 0.4) is 0 Å². The molecule has 0 atom stereocenters. The molecule has 0 rings (SSSR count). The molecule has 0 aromatic carbocycles. The van der Waals surface area contributed by atoms with E-state index in [2.05, 4.69) is 33.9 Å². The van der Waals surface area contributed by atoms with Gasteiger partial charge in [0, 0.05) is 18.6 Å². The van der Waals surface area contributed by atoms with Crippen molar-refractivity contribution in [2.45, 2.75) is 72.0 Å². The average molecular weight is 310 g/mol. The highest BCUT2D eigenvalue weighted by Crippen LogP contribution is 2.40. The Labute approximate surface area is 134 Å². The Morgan fingerprint density at radius 3 is 1.55 bits per heavy atom. The standard InChI is InChI=1S/C18H30O4/c1-6-11-18(12-7-2,13-8-3)14-17(21-15(19)9-4)22-16(20)10-5/h9-10,17H,4-8,11-14H2,1-3H3. The predicted octanol–water partition coefficient (Wildman–Crippen LogP) is 4.55. The molecule has 0 aromatic rings. The second-order valence-corrected chi connectivity index (χ2v) is 5.67. The molecule has 0 saturated heterocycles. The lowest BCUT2D eigenvalue weighted by Gasteiger charge is -2.36. The minimum Gasteiger partial charge on any atom is -0.422 e. The highest BCUT2D eigenvalue weighted by Gasteiger charge is 2.33. The minimum absolute atomic E-state index is 0.0197. The van der Waals surface area contributed by atoms with Crippen molar-refractivity contribution >= 4 is 11.9 Å². The van der Waals surface area contributed by atoms with Crippen molar-refractivity contribution in [2.75, 3.05) is 0 Å². The summed E-state index contributed by atoms with van der Waals surface area (Å²) >= 11 is 0. The van der Waals surface area contributed by atoms with Crippen molar-refractivity contribution in [3.63, 3.8) is 0 Å². The van der Waals surface area contributed by atoms with Crippen LogP contribution in [0.1, 0.15) is 65.7 Å². The van der Waals surface area contributed by atoms with Gasteiger partial charge in [-0.2, -0.15) is 0 Å². The van der Waals surface area contributed by atoms with Gasteiger partial charge in [0.05, 0.1) is 0 Å². The summed E-state index contributed by atoms with van der Waals surface area (Å²) in [5.74, 6) is -1.17.